The van der Waals surface area contributed by atoms with Crippen LogP contribution < -0.4 is 9.46 Å². The van der Waals surface area contributed by atoms with E-state index in [9.17, 15) is 26.7 Å². The second-order valence-corrected chi connectivity index (χ2v) is 11.2. The molecule has 0 amide bonds. The third-order valence-corrected chi connectivity index (χ3v) is 8.55. The van der Waals surface area contributed by atoms with Gasteiger partial charge in [0.15, 0.2) is 0 Å². The quantitative estimate of drug-likeness (QED) is 0.587. The molecule has 1 aliphatic heterocycles. The molecule has 0 aromatic heterocycles. The van der Waals surface area contributed by atoms with Gasteiger partial charge >= 0.3 is 5.97 Å². The number of benzene rings is 2. The molecule has 0 aliphatic carbocycles. The van der Waals surface area contributed by atoms with Crippen LogP contribution in [0.25, 0.3) is 0 Å². The molecular formula is C21H26N2O7S2. The molecule has 0 saturated carbocycles. The van der Waals surface area contributed by atoms with E-state index in [-0.39, 0.29) is 23.6 Å². The smallest absolute Gasteiger partial charge is 0.323 e. The van der Waals surface area contributed by atoms with E-state index in [1.165, 1.54) is 31.4 Å². The molecule has 2 N–H and O–H groups in total. The highest BCUT2D eigenvalue weighted by molar-refractivity contribution is 7.89. The summed E-state index contributed by atoms with van der Waals surface area (Å²) < 4.78 is 60.5. The topological polar surface area (TPSA) is 130 Å². The molecule has 1 aliphatic rings. The van der Waals surface area contributed by atoms with Crippen LogP contribution in [-0.4, -0.2) is 58.0 Å². The van der Waals surface area contributed by atoms with Crippen LogP contribution in [0.3, 0.4) is 0 Å². The van der Waals surface area contributed by atoms with Gasteiger partial charge in [-0.15, -0.1) is 0 Å². The molecule has 2 aromatic carbocycles. The van der Waals surface area contributed by atoms with Crippen LogP contribution >= 0.6 is 0 Å². The van der Waals surface area contributed by atoms with Crippen molar-refractivity contribution in [3.05, 3.63) is 60.2 Å². The summed E-state index contributed by atoms with van der Waals surface area (Å²) in [6.45, 7) is -0.0256. The van der Waals surface area contributed by atoms with E-state index < -0.39 is 38.1 Å². The van der Waals surface area contributed by atoms with Crippen LogP contribution in [0.2, 0.25) is 0 Å². The number of hydrogen-bond donors (Lipinski definition) is 2. The molecule has 2 atom stereocenters. The van der Waals surface area contributed by atoms with Crippen molar-refractivity contribution >= 4 is 26.0 Å². The summed E-state index contributed by atoms with van der Waals surface area (Å²) in [5.74, 6) is -1.28. The molecule has 2 unspecified atom stereocenters. The fourth-order valence-electron chi connectivity index (χ4n) is 3.77. The minimum atomic E-state index is -4.19. The third-order valence-electron chi connectivity index (χ3n) is 5.28. The number of rotatable bonds is 8. The maximum atomic E-state index is 13.3. The predicted molar refractivity (Wildman–Crippen MR) is 118 cm³/mol. The number of carboxylic acids is 1. The lowest BCUT2D eigenvalue weighted by Crippen LogP contribution is -2.56. The molecule has 11 heteroatoms. The molecule has 2 aromatic rings. The van der Waals surface area contributed by atoms with E-state index in [1.807, 2.05) is 0 Å². The number of carbonyl (C=O) groups is 1. The molecule has 1 saturated heterocycles. The molecule has 9 nitrogen and oxygen atoms in total. The van der Waals surface area contributed by atoms with Crippen LogP contribution in [0.15, 0.2) is 59.5 Å². The average molecular weight is 483 g/mol. The Morgan fingerprint density at radius 3 is 2.31 bits per heavy atom. The van der Waals surface area contributed by atoms with Crippen molar-refractivity contribution in [3.8, 4) is 5.75 Å². The molecule has 174 valence electrons. The SMILES string of the molecule is COc1ccc(S(=O)(=O)N2CCCCC(NS(=O)(=O)Cc3ccccc3)C2C(=O)O)cc1. The number of sulfonamides is 2. The van der Waals surface area contributed by atoms with Gasteiger partial charge in [0, 0.05) is 12.6 Å². The summed E-state index contributed by atoms with van der Waals surface area (Å²) in [6, 6.07) is 11.4. The van der Waals surface area contributed by atoms with Crippen LogP contribution in [-0.2, 0) is 30.6 Å². The van der Waals surface area contributed by atoms with E-state index in [4.69, 9.17) is 4.74 Å². The van der Waals surface area contributed by atoms with Crippen molar-refractivity contribution in [2.24, 2.45) is 0 Å². The van der Waals surface area contributed by atoms with E-state index >= 15 is 0 Å². The number of methoxy groups -OCH3 is 1. The zero-order valence-electron chi connectivity index (χ0n) is 17.5. The zero-order valence-corrected chi connectivity index (χ0v) is 19.2. The Morgan fingerprint density at radius 2 is 1.72 bits per heavy atom. The third kappa shape index (κ3) is 5.66. The summed E-state index contributed by atoms with van der Waals surface area (Å²) in [5, 5.41) is 9.92. The normalized spacial score (nSPS) is 20.4. The van der Waals surface area contributed by atoms with Gasteiger partial charge in [0.05, 0.1) is 17.8 Å². The summed E-state index contributed by atoms with van der Waals surface area (Å²) in [7, 11) is -6.65. The van der Waals surface area contributed by atoms with Crippen molar-refractivity contribution in [2.45, 2.75) is 42.0 Å². The van der Waals surface area contributed by atoms with Gasteiger partial charge in [0.1, 0.15) is 11.8 Å². The van der Waals surface area contributed by atoms with E-state index in [2.05, 4.69) is 4.72 Å². The average Bonchev–Trinajstić information content (AvgIpc) is 2.96. The maximum Gasteiger partial charge on any atom is 0.323 e. The summed E-state index contributed by atoms with van der Waals surface area (Å²) in [4.78, 5) is 12.1. The van der Waals surface area contributed by atoms with Gasteiger partial charge in [-0.1, -0.05) is 36.8 Å². The Labute approximate surface area is 188 Å². The second-order valence-electron chi connectivity index (χ2n) is 7.54. The van der Waals surface area contributed by atoms with E-state index in [0.29, 0.717) is 24.2 Å². The molecular weight excluding hydrogens is 456 g/mol. The Hall–Kier alpha value is -2.47. The number of nitrogens with one attached hydrogen (secondary N) is 1. The summed E-state index contributed by atoms with van der Waals surface area (Å²) in [5.41, 5.74) is 0.545. The maximum absolute atomic E-state index is 13.3. The number of aliphatic carboxylic acids is 1. The Morgan fingerprint density at radius 1 is 1.06 bits per heavy atom. The number of hydrogen-bond acceptors (Lipinski definition) is 6. The van der Waals surface area contributed by atoms with Crippen molar-refractivity contribution in [2.75, 3.05) is 13.7 Å². The van der Waals surface area contributed by atoms with Crippen molar-refractivity contribution < 1.29 is 31.5 Å². The molecule has 0 radical (unpaired) electrons. The standard InChI is InChI=1S/C21H26N2O7S2/c1-30-17-10-12-18(13-11-17)32(28,29)23-14-6-5-9-19(20(23)21(24)25)22-31(26,27)15-16-7-3-2-4-8-16/h2-4,7-8,10-13,19-20,22H,5-6,9,14-15H2,1H3,(H,24,25). The molecule has 32 heavy (non-hydrogen) atoms. The molecule has 3 rings (SSSR count). The Kier molecular flexibility index (Phi) is 7.55. The zero-order chi connectivity index (χ0) is 23.4. The lowest BCUT2D eigenvalue weighted by molar-refractivity contribution is -0.142. The predicted octanol–water partition coefficient (Wildman–Crippen LogP) is 1.81. The summed E-state index contributed by atoms with van der Waals surface area (Å²) >= 11 is 0. The Balaban J connectivity index is 1.91. The first-order chi connectivity index (χ1) is 15.1. The second kappa shape index (κ2) is 9.99. The van der Waals surface area contributed by atoms with Gasteiger partial charge in [-0.3, -0.25) is 4.79 Å². The number of nitrogens with zero attached hydrogens (tertiary/aromatic N) is 1. The first kappa shape index (κ1) is 24.2. The Bertz CT molecular complexity index is 1130. The first-order valence-corrected chi connectivity index (χ1v) is 13.2. The lowest BCUT2D eigenvalue weighted by Gasteiger charge is -2.31. The largest absolute Gasteiger partial charge is 0.497 e. The van der Waals surface area contributed by atoms with E-state index in [1.54, 1.807) is 30.3 Å². The van der Waals surface area contributed by atoms with Gasteiger partial charge in [0.2, 0.25) is 20.0 Å². The minimum Gasteiger partial charge on any atom is -0.497 e. The van der Waals surface area contributed by atoms with Crippen LogP contribution in [0.1, 0.15) is 24.8 Å². The van der Waals surface area contributed by atoms with Crippen LogP contribution in [0, 0.1) is 0 Å². The highest BCUT2D eigenvalue weighted by Gasteiger charge is 2.43. The van der Waals surface area contributed by atoms with Crippen molar-refractivity contribution in [3.63, 3.8) is 0 Å². The van der Waals surface area contributed by atoms with Crippen molar-refractivity contribution in [1.29, 1.82) is 0 Å². The number of carboxylic acid groups (broad SMARTS) is 1. The van der Waals surface area contributed by atoms with E-state index in [0.717, 1.165) is 4.31 Å². The fourth-order valence-corrected chi connectivity index (χ4v) is 6.85. The first-order valence-electron chi connectivity index (χ1n) is 10.1. The van der Waals surface area contributed by atoms with Crippen LogP contribution in [0.4, 0.5) is 0 Å². The summed E-state index contributed by atoms with van der Waals surface area (Å²) in [6.07, 6.45) is 1.10. The highest BCUT2D eigenvalue weighted by atomic mass is 32.2. The van der Waals surface area contributed by atoms with Gasteiger partial charge < -0.3 is 9.84 Å². The lowest BCUT2D eigenvalue weighted by atomic mass is 10.1. The molecule has 1 fully saturated rings. The fraction of sp³-hybridized carbons (Fsp3) is 0.381. The van der Waals surface area contributed by atoms with Gasteiger partial charge in [0.25, 0.3) is 0 Å². The van der Waals surface area contributed by atoms with Gasteiger partial charge in [-0.05, 0) is 42.7 Å². The van der Waals surface area contributed by atoms with Crippen molar-refractivity contribution in [1.82, 2.24) is 9.03 Å². The van der Waals surface area contributed by atoms with Crippen LogP contribution in [0.5, 0.6) is 5.75 Å². The monoisotopic (exact) mass is 482 g/mol. The molecule has 1 heterocycles. The number of ether oxygens (including phenoxy) is 1. The highest BCUT2D eigenvalue weighted by Crippen LogP contribution is 2.27. The van der Waals surface area contributed by atoms with Gasteiger partial charge in [-0.25, -0.2) is 21.6 Å². The minimum absolute atomic E-state index is 0.0256. The van der Waals surface area contributed by atoms with Gasteiger partial charge in [-0.2, -0.15) is 4.31 Å². The molecule has 0 bridgehead atoms. The molecule has 0 spiro atoms.